The lowest BCUT2D eigenvalue weighted by Crippen LogP contribution is -2.52. The number of benzene rings is 2. The Morgan fingerprint density at radius 2 is 1.69 bits per heavy atom. The van der Waals surface area contributed by atoms with Gasteiger partial charge < -0.3 is 0 Å². The van der Waals surface area contributed by atoms with Crippen LogP contribution in [0.1, 0.15) is 45.2 Å². The maximum atomic E-state index is 13.5. The molecule has 9 nitrogen and oxygen atoms in total. The lowest BCUT2D eigenvalue weighted by molar-refractivity contribution is -0.384. The fourth-order valence-corrected chi connectivity index (χ4v) is 4.62. The molecule has 0 N–H and O–H groups in total. The van der Waals surface area contributed by atoms with Gasteiger partial charge in [-0.3, -0.25) is 29.3 Å². The highest BCUT2D eigenvalue weighted by molar-refractivity contribution is 6.10. The Balaban J connectivity index is 1.71. The van der Waals surface area contributed by atoms with Crippen molar-refractivity contribution in [3.63, 3.8) is 0 Å². The van der Waals surface area contributed by atoms with E-state index in [4.69, 9.17) is 0 Å². The SMILES string of the molecule is Cc1ccc(C(=O)CN(C(=O)c2ccc([N+](=O)[O-])cc2)N2C(=O)[C@H]3[C@H](C)C=CC[C@H]3C2=O)cc1C. The summed E-state index contributed by atoms with van der Waals surface area (Å²) < 4.78 is 0. The third-order valence-corrected chi connectivity index (χ3v) is 6.77. The van der Waals surface area contributed by atoms with Crippen LogP contribution >= 0.6 is 0 Å². The molecule has 1 aliphatic heterocycles. The summed E-state index contributed by atoms with van der Waals surface area (Å²) in [6.45, 7) is 5.08. The fourth-order valence-electron chi connectivity index (χ4n) is 4.62. The fraction of sp³-hybridized carbons (Fsp3) is 0.308. The third kappa shape index (κ3) is 4.37. The molecule has 2 aromatic carbocycles. The number of imide groups is 1. The number of Topliss-reactive ketones (excluding diaryl/α,β-unsaturated/α-hetero) is 1. The van der Waals surface area contributed by atoms with Crippen LogP contribution in [0.2, 0.25) is 0 Å². The summed E-state index contributed by atoms with van der Waals surface area (Å²) in [6.07, 6.45) is 4.10. The molecule has 1 fully saturated rings. The van der Waals surface area contributed by atoms with E-state index in [-0.39, 0.29) is 17.2 Å². The molecule has 9 heteroatoms. The van der Waals surface area contributed by atoms with Crippen molar-refractivity contribution < 1.29 is 24.1 Å². The number of fused-ring (bicyclic) bond motifs is 1. The predicted octanol–water partition coefficient (Wildman–Crippen LogP) is 3.65. The number of rotatable bonds is 6. The van der Waals surface area contributed by atoms with Crippen LogP contribution in [0.5, 0.6) is 0 Å². The molecule has 1 saturated heterocycles. The van der Waals surface area contributed by atoms with E-state index in [0.717, 1.165) is 33.3 Å². The molecule has 4 rings (SSSR count). The number of amides is 3. The Labute approximate surface area is 202 Å². The predicted molar refractivity (Wildman–Crippen MR) is 126 cm³/mol. The molecule has 0 aromatic heterocycles. The van der Waals surface area contributed by atoms with E-state index in [1.807, 2.05) is 32.9 Å². The van der Waals surface area contributed by atoms with Gasteiger partial charge in [-0.1, -0.05) is 31.2 Å². The number of nitro groups is 1. The maximum Gasteiger partial charge on any atom is 0.273 e. The minimum Gasteiger partial charge on any atom is -0.292 e. The molecule has 2 aromatic rings. The van der Waals surface area contributed by atoms with Gasteiger partial charge in [-0.05, 0) is 55.5 Å². The van der Waals surface area contributed by atoms with Gasteiger partial charge >= 0.3 is 0 Å². The third-order valence-electron chi connectivity index (χ3n) is 6.77. The van der Waals surface area contributed by atoms with E-state index in [9.17, 15) is 29.3 Å². The molecular weight excluding hydrogens is 450 g/mol. The smallest absolute Gasteiger partial charge is 0.273 e. The maximum absolute atomic E-state index is 13.5. The van der Waals surface area contributed by atoms with E-state index in [0.29, 0.717) is 12.0 Å². The van der Waals surface area contributed by atoms with Crippen molar-refractivity contribution in [1.29, 1.82) is 0 Å². The molecule has 1 heterocycles. The quantitative estimate of drug-likeness (QED) is 0.207. The van der Waals surface area contributed by atoms with Gasteiger partial charge in [0.15, 0.2) is 5.78 Å². The Kier molecular flexibility index (Phi) is 6.34. The van der Waals surface area contributed by atoms with E-state index in [2.05, 4.69) is 0 Å². The summed E-state index contributed by atoms with van der Waals surface area (Å²) in [6, 6.07) is 9.95. The first kappa shape index (κ1) is 24.0. The largest absolute Gasteiger partial charge is 0.292 e. The van der Waals surface area contributed by atoms with Crippen LogP contribution in [0.3, 0.4) is 0 Å². The number of allylic oxidation sites excluding steroid dienone is 2. The number of hydrogen-bond donors (Lipinski definition) is 0. The van der Waals surface area contributed by atoms with Crippen molar-refractivity contribution in [1.82, 2.24) is 10.0 Å². The molecular formula is C26H25N3O6. The van der Waals surface area contributed by atoms with Crippen LogP contribution in [0.15, 0.2) is 54.6 Å². The van der Waals surface area contributed by atoms with Crippen LogP contribution in [-0.2, 0) is 9.59 Å². The molecule has 35 heavy (non-hydrogen) atoms. The topological polar surface area (TPSA) is 118 Å². The van der Waals surface area contributed by atoms with Crippen LogP contribution < -0.4 is 0 Å². The second-order valence-electron chi connectivity index (χ2n) is 9.03. The van der Waals surface area contributed by atoms with Crippen molar-refractivity contribution in [2.75, 3.05) is 6.54 Å². The number of aryl methyl sites for hydroxylation is 2. The minimum atomic E-state index is -0.766. The monoisotopic (exact) mass is 475 g/mol. The zero-order chi connectivity index (χ0) is 25.4. The first-order valence-corrected chi connectivity index (χ1v) is 11.3. The molecule has 0 bridgehead atoms. The van der Waals surface area contributed by atoms with Crippen LogP contribution in [0.25, 0.3) is 0 Å². The summed E-state index contributed by atoms with van der Waals surface area (Å²) in [7, 11) is 0. The average molecular weight is 476 g/mol. The van der Waals surface area contributed by atoms with E-state index >= 15 is 0 Å². The molecule has 3 atom stereocenters. The molecule has 0 unspecified atom stereocenters. The number of carbonyl (C=O) groups is 4. The highest BCUT2D eigenvalue weighted by atomic mass is 16.6. The lowest BCUT2D eigenvalue weighted by atomic mass is 9.78. The average Bonchev–Trinajstić information content (AvgIpc) is 3.09. The van der Waals surface area contributed by atoms with Crippen molar-refractivity contribution in [3.8, 4) is 0 Å². The van der Waals surface area contributed by atoms with Gasteiger partial charge in [0.05, 0.1) is 16.8 Å². The Morgan fingerprint density at radius 3 is 2.29 bits per heavy atom. The summed E-state index contributed by atoms with van der Waals surface area (Å²) in [4.78, 5) is 63.8. The zero-order valence-electron chi connectivity index (χ0n) is 19.6. The molecule has 180 valence electrons. The molecule has 1 aliphatic carbocycles. The van der Waals surface area contributed by atoms with Gasteiger partial charge in [0.25, 0.3) is 23.4 Å². The summed E-state index contributed by atoms with van der Waals surface area (Å²) in [5.74, 6) is -3.67. The second-order valence-corrected chi connectivity index (χ2v) is 9.03. The van der Waals surface area contributed by atoms with Gasteiger partial charge in [-0.2, -0.15) is 5.01 Å². The van der Waals surface area contributed by atoms with Gasteiger partial charge in [0, 0.05) is 23.3 Å². The number of ketones is 1. The number of nitrogens with zero attached hydrogens (tertiary/aromatic N) is 3. The van der Waals surface area contributed by atoms with Gasteiger partial charge in [-0.15, -0.1) is 0 Å². The van der Waals surface area contributed by atoms with E-state index in [1.165, 1.54) is 12.1 Å². The molecule has 0 spiro atoms. The number of carbonyl (C=O) groups excluding carboxylic acids is 4. The highest BCUT2D eigenvalue weighted by Crippen LogP contribution is 2.39. The number of hydrazine groups is 1. The van der Waals surface area contributed by atoms with E-state index < -0.39 is 46.8 Å². The standard InChI is InChI=1S/C26H25N3O6/c1-15-7-8-19(13-17(15)3)22(30)14-27(24(31)18-9-11-20(12-10-18)29(34)35)28-25(32)21-6-4-5-16(2)23(21)26(28)33/h4-5,7-13,16,21,23H,6,14H2,1-3H3/t16-,21-,23+/m1/s1. The number of nitro benzene ring substituents is 1. The van der Waals surface area contributed by atoms with Crippen LogP contribution in [0, 0.1) is 41.7 Å². The second kappa shape index (κ2) is 9.25. The first-order valence-electron chi connectivity index (χ1n) is 11.3. The van der Waals surface area contributed by atoms with Gasteiger partial charge in [0.1, 0.15) is 6.54 Å². The van der Waals surface area contributed by atoms with Gasteiger partial charge in [0.2, 0.25) is 0 Å². The summed E-state index contributed by atoms with van der Waals surface area (Å²) in [5, 5.41) is 12.7. The Morgan fingerprint density at radius 1 is 1.03 bits per heavy atom. The van der Waals surface area contributed by atoms with Crippen LogP contribution in [0.4, 0.5) is 5.69 Å². The van der Waals surface area contributed by atoms with E-state index in [1.54, 1.807) is 18.2 Å². The van der Waals surface area contributed by atoms with Crippen molar-refractivity contribution >= 4 is 29.2 Å². The number of hydrogen-bond acceptors (Lipinski definition) is 6. The van der Waals surface area contributed by atoms with Crippen molar-refractivity contribution in [2.45, 2.75) is 27.2 Å². The Hall–Kier alpha value is -4.14. The molecule has 3 amide bonds. The molecule has 2 aliphatic rings. The molecule has 0 radical (unpaired) electrons. The Bertz CT molecular complexity index is 1270. The summed E-state index contributed by atoms with van der Waals surface area (Å²) >= 11 is 0. The van der Waals surface area contributed by atoms with Crippen LogP contribution in [-0.4, -0.2) is 45.0 Å². The zero-order valence-corrected chi connectivity index (χ0v) is 19.6. The van der Waals surface area contributed by atoms with Crippen molar-refractivity contribution in [2.24, 2.45) is 17.8 Å². The van der Waals surface area contributed by atoms with Gasteiger partial charge in [-0.25, -0.2) is 5.01 Å². The lowest BCUT2D eigenvalue weighted by Gasteiger charge is -2.30. The normalized spacial score (nSPS) is 21.1. The number of non-ortho nitro benzene ring substituents is 1. The van der Waals surface area contributed by atoms with Crippen molar-refractivity contribution in [3.05, 3.63) is 87.0 Å². The first-order chi connectivity index (χ1) is 16.6. The molecule has 0 saturated carbocycles. The highest BCUT2D eigenvalue weighted by Gasteiger charge is 2.53. The summed E-state index contributed by atoms with van der Waals surface area (Å²) in [5.41, 5.74) is 2.05. The minimum absolute atomic E-state index is 0.0186.